The molecule has 9 heteroatoms. The fourth-order valence-electron chi connectivity index (χ4n) is 3.32. The van der Waals surface area contributed by atoms with E-state index in [1.54, 1.807) is 17.6 Å². The minimum Gasteiger partial charge on any atom is -0.366 e. The molecule has 0 unspecified atom stereocenters. The van der Waals surface area contributed by atoms with E-state index in [4.69, 9.17) is 0 Å². The standard InChI is InChI=1S/C23H19N7OS/c31-22(28-23-29-27-15-32-23)18-9-10-21(25-12-18)24-11-16-5-7-17(8-6-16)13-30-14-26-19-3-1-2-4-20(19)30/h1-10,12,14-15H,11,13H2,(H,24,25)(H,28,29,31). The number of amides is 1. The van der Waals surface area contributed by atoms with Crippen LogP contribution in [0.25, 0.3) is 11.0 Å². The SMILES string of the molecule is O=C(Nc1nncs1)c1ccc(NCc2ccc(Cn3cnc4ccccc43)cc2)nc1. The van der Waals surface area contributed by atoms with Gasteiger partial charge in [0.2, 0.25) is 5.13 Å². The molecule has 0 aliphatic carbocycles. The minimum absolute atomic E-state index is 0.262. The number of fused-ring (bicyclic) bond motifs is 1. The minimum atomic E-state index is -0.262. The van der Waals surface area contributed by atoms with Gasteiger partial charge in [-0.15, -0.1) is 10.2 Å². The monoisotopic (exact) mass is 441 g/mol. The number of para-hydroxylation sites is 2. The molecule has 32 heavy (non-hydrogen) atoms. The number of benzene rings is 2. The Morgan fingerprint density at radius 2 is 1.81 bits per heavy atom. The van der Waals surface area contributed by atoms with Gasteiger partial charge < -0.3 is 9.88 Å². The summed E-state index contributed by atoms with van der Waals surface area (Å²) in [4.78, 5) is 21.0. The molecule has 0 atom stereocenters. The summed E-state index contributed by atoms with van der Waals surface area (Å²) in [6.07, 6.45) is 3.42. The highest BCUT2D eigenvalue weighted by Gasteiger charge is 2.09. The van der Waals surface area contributed by atoms with Gasteiger partial charge >= 0.3 is 0 Å². The number of rotatable bonds is 7. The van der Waals surface area contributed by atoms with E-state index in [-0.39, 0.29) is 5.91 Å². The summed E-state index contributed by atoms with van der Waals surface area (Å²) in [5.41, 5.74) is 6.51. The first-order valence-corrected chi connectivity index (χ1v) is 10.9. The molecule has 0 spiro atoms. The Morgan fingerprint density at radius 1 is 0.969 bits per heavy atom. The van der Waals surface area contributed by atoms with E-state index in [0.29, 0.717) is 23.1 Å². The maximum absolute atomic E-state index is 12.2. The summed E-state index contributed by atoms with van der Waals surface area (Å²) in [5, 5.41) is 13.9. The number of aromatic nitrogens is 5. The largest absolute Gasteiger partial charge is 0.366 e. The number of hydrogen-bond donors (Lipinski definition) is 2. The van der Waals surface area contributed by atoms with E-state index < -0.39 is 0 Å². The van der Waals surface area contributed by atoms with Crippen LogP contribution < -0.4 is 10.6 Å². The van der Waals surface area contributed by atoms with Crippen LogP contribution in [-0.4, -0.2) is 30.6 Å². The number of carbonyl (C=O) groups excluding carboxylic acids is 1. The van der Waals surface area contributed by atoms with Gasteiger partial charge in [-0.25, -0.2) is 9.97 Å². The maximum atomic E-state index is 12.2. The topological polar surface area (TPSA) is 97.6 Å². The van der Waals surface area contributed by atoms with Crippen LogP contribution in [0.4, 0.5) is 10.9 Å². The average Bonchev–Trinajstić information content (AvgIpc) is 3.49. The van der Waals surface area contributed by atoms with E-state index in [2.05, 4.69) is 65.7 Å². The molecule has 1 amide bonds. The van der Waals surface area contributed by atoms with Crippen LogP contribution in [0.15, 0.2) is 78.7 Å². The lowest BCUT2D eigenvalue weighted by Gasteiger charge is -2.09. The Morgan fingerprint density at radius 3 is 2.59 bits per heavy atom. The Labute approximate surface area is 188 Å². The van der Waals surface area contributed by atoms with Crippen LogP contribution in [-0.2, 0) is 13.1 Å². The second-order valence-corrected chi connectivity index (χ2v) is 7.99. The van der Waals surface area contributed by atoms with E-state index in [1.807, 2.05) is 24.5 Å². The smallest absolute Gasteiger partial charge is 0.259 e. The summed E-state index contributed by atoms with van der Waals surface area (Å²) in [6.45, 7) is 1.41. The van der Waals surface area contributed by atoms with E-state index in [0.717, 1.165) is 23.1 Å². The number of hydrogen-bond acceptors (Lipinski definition) is 7. The van der Waals surface area contributed by atoms with Gasteiger partial charge in [-0.3, -0.25) is 10.1 Å². The van der Waals surface area contributed by atoms with Crippen LogP contribution in [0.1, 0.15) is 21.5 Å². The van der Waals surface area contributed by atoms with Crippen molar-refractivity contribution < 1.29 is 4.79 Å². The predicted octanol–water partition coefficient (Wildman–Crippen LogP) is 4.20. The van der Waals surface area contributed by atoms with Crippen molar-refractivity contribution in [1.29, 1.82) is 0 Å². The summed E-state index contributed by atoms with van der Waals surface area (Å²) in [7, 11) is 0. The van der Waals surface area contributed by atoms with Crippen molar-refractivity contribution in [1.82, 2.24) is 24.7 Å². The molecule has 2 aromatic carbocycles. The van der Waals surface area contributed by atoms with Gasteiger partial charge in [0, 0.05) is 19.3 Å². The fraction of sp³-hybridized carbons (Fsp3) is 0.0870. The number of anilines is 2. The van der Waals surface area contributed by atoms with Crippen LogP contribution in [0.3, 0.4) is 0 Å². The lowest BCUT2D eigenvalue weighted by atomic mass is 10.1. The zero-order chi connectivity index (χ0) is 21.8. The molecule has 3 heterocycles. The van der Waals surface area contributed by atoms with Crippen LogP contribution >= 0.6 is 11.3 Å². The molecule has 0 fully saturated rings. The van der Waals surface area contributed by atoms with Gasteiger partial charge in [-0.1, -0.05) is 47.7 Å². The first kappa shape index (κ1) is 19.8. The highest BCUT2D eigenvalue weighted by molar-refractivity contribution is 7.13. The van der Waals surface area contributed by atoms with Gasteiger partial charge in [0.1, 0.15) is 11.3 Å². The van der Waals surface area contributed by atoms with Gasteiger partial charge in [0.05, 0.1) is 22.9 Å². The highest BCUT2D eigenvalue weighted by Crippen LogP contribution is 2.16. The lowest BCUT2D eigenvalue weighted by molar-refractivity contribution is 0.102. The van der Waals surface area contributed by atoms with E-state index in [1.165, 1.54) is 23.1 Å². The molecule has 5 rings (SSSR count). The van der Waals surface area contributed by atoms with Crippen LogP contribution in [0.5, 0.6) is 0 Å². The molecule has 2 N–H and O–H groups in total. The second kappa shape index (κ2) is 8.94. The van der Waals surface area contributed by atoms with Crippen molar-refractivity contribution in [2.24, 2.45) is 0 Å². The Kier molecular flexibility index (Phi) is 5.54. The third kappa shape index (κ3) is 4.47. The third-order valence-corrected chi connectivity index (χ3v) is 5.59. The molecule has 5 aromatic rings. The molecule has 0 radical (unpaired) electrons. The van der Waals surface area contributed by atoms with E-state index >= 15 is 0 Å². The van der Waals surface area contributed by atoms with Gasteiger partial charge in [-0.05, 0) is 35.4 Å². The summed E-state index contributed by atoms with van der Waals surface area (Å²) in [5.74, 6) is 0.438. The zero-order valence-electron chi connectivity index (χ0n) is 17.0. The molecular formula is C23H19N7OS. The number of carbonyl (C=O) groups is 1. The first-order valence-electron chi connectivity index (χ1n) is 10.00. The first-order chi connectivity index (χ1) is 15.7. The number of pyridine rings is 1. The number of imidazole rings is 1. The molecule has 158 valence electrons. The van der Waals surface area contributed by atoms with Crippen LogP contribution in [0, 0.1) is 0 Å². The van der Waals surface area contributed by atoms with Crippen molar-refractivity contribution in [2.45, 2.75) is 13.1 Å². The summed E-state index contributed by atoms with van der Waals surface area (Å²) >= 11 is 1.27. The van der Waals surface area contributed by atoms with Crippen LogP contribution in [0.2, 0.25) is 0 Å². The molecule has 0 saturated heterocycles. The molecule has 8 nitrogen and oxygen atoms in total. The third-order valence-electron chi connectivity index (χ3n) is 4.98. The van der Waals surface area contributed by atoms with Crippen molar-refractivity contribution in [3.05, 3.63) is 95.4 Å². The number of nitrogens with zero attached hydrogens (tertiary/aromatic N) is 5. The van der Waals surface area contributed by atoms with Gasteiger partial charge in [-0.2, -0.15) is 0 Å². The maximum Gasteiger partial charge on any atom is 0.259 e. The van der Waals surface area contributed by atoms with Crippen molar-refractivity contribution >= 4 is 39.2 Å². The normalized spacial score (nSPS) is 10.9. The quantitative estimate of drug-likeness (QED) is 0.393. The Balaban J connectivity index is 1.17. The zero-order valence-corrected chi connectivity index (χ0v) is 17.8. The Bertz CT molecular complexity index is 1330. The lowest BCUT2D eigenvalue weighted by Crippen LogP contribution is -2.12. The fourth-order valence-corrected chi connectivity index (χ4v) is 3.76. The molecule has 3 aromatic heterocycles. The summed E-state index contributed by atoms with van der Waals surface area (Å²) in [6, 6.07) is 20.1. The van der Waals surface area contributed by atoms with E-state index in [9.17, 15) is 4.79 Å². The summed E-state index contributed by atoms with van der Waals surface area (Å²) < 4.78 is 2.15. The predicted molar refractivity (Wildman–Crippen MR) is 125 cm³/mol. The number of nitrogens with one attached hydrogen (secondary N) is 2. The molecular weight excluding hydrogens is 422 g/mol. The molecule has 0 bridgehead atoms. The van der Waals surface area contributed by atoms with Crippen molar-refractivity contribution in [2.75, 3.05) is 10.6 Å². The second-order valence-electron chi connectivity index (χ2n) is 7.16. The Hall–Kier alpha value is -4.11. The molecule has 0 saturated carbocycles. The molecule has 0 aliphatic rings. The van der Waals surface area contributed by atoms with Gasteiger partial charge in [0.15, 0.2) is 0 Å². The van der Waals surface area contributed by atoms with Crippen molar-refractivity contribution in [3.8, 4) is 0 Å². The van der Waals surface area contributed by atoms with Gasteiger partial charge in [0.25, 0.3) is 5.91 Å². The van der Waals surface area contributed by atoms with Crippen molar-refractivity contribution in [3.63, 3.8) is 0 Å². The molecule has 0 aliphatic heterocycles. The highest BCUT2D eigenvalue weighted by atomic mass is 32.1. The average molecular weight is 442 g/mol.